The van der Waals surface area contributed by atoms with Crippen LogP contribution in [0.15, 0.2) is 12.3 Å². The van der Waals surface area contributed by atoms with Crippen molar-refractivity contribution in [2.24, 2.45) is 0 Å². The summed E-state index contributed by atoms with van der Waals surface area (Å²) in [7, 11) is 0. The number of nitrogens with one attached hydrogen (secondary N) is 2. The van der Waals surface area contributed by atoms with Crippen molar-refractivity contribution < 1.29 is 9.53 Å². The van der Waals surface area contributed by atoms with Crippen LogP contribution in [0, 0.1) is 0 Å². The number of amides is 1. The Morgan fingerprint density at radius 3 is 3.22 bits per heavy atom. The molecule has 6 heteroatoms. The molecule has 0 saturated carbocycles. The van der Waals surface area contributed by atoms with E-state index < -0.39 is 0 Å². The van der Waals surface area contributed by atoms with E-state index in [2.05, 4.69) is 20.6 Å². The first-order valence-corrected chi connectivity index (χ1v) is 6.27. The van der Waals surface area contributed by atoms with Gasteiger partial charge in [0.1, 0.15) is 0 Å². The maximum atomic E-state index is 11.0. The molecule has 0 aliphatic carbocycles. The van der Waals surface area contributed by atoms with Crippen LogP contribution in [-0.4, -0.2) is 35.1 Å². The van der Waals surface area contributed by atoms with E-state index in [4.69, 9.17) is 4.74 Å². The first-order chi connectivity index (χ1) is 8.78. The monoisotopic (exact) mass is 250 g/mol. The average molecular weight is 250 g/mol. The van der Waals surface area contributed by atoms with Crippen LogP contribution >= 0.6 is 0 Å². The van der Waals surface area contributed by atoms with Crippen molar-refractivity contribution >= 4 is 11.9 Å². The fourth-order valence-corrected chi connectivity index (χ4v) is 1.76. The van der Waals surface area contributed by atoms with Crippen molar-refractivity contribution in [1.82, 2.24) is 15.3 Å². The van der Waals surface area contributed by atoms with Crippen LogP contribution in [0.1, 0.15) is 26.2 Å². The molecule has 0 radical (unpaired) electrons. The predicted octanol–water partition coefficient (Wildman–Crippen LogP) is 0.956. The van der Waals surface area contributed by atoms with Gasteiger partial charge in [-0.2, -0.15) is 4.98 Å². The smallest absolute Gasteiger partial charge is 0.226 e. The lowest BCUT2D eigenvalue weighted by molar-refractivity contribution is -0.119. The van der Waals surface area contributed by atoms with Gasteiger partial charge in [-0.25, -0.2) is 4.98 Å². The predicted molar refractivity (Wildman–Crippen MR) is 67.5 cm³/mol. The lowest BCUT2D eigenvalue weighted by Crippen LogP contribution is -2.32. The number of nitrogens with zero attached hydrogens (tertiary/aromatic N) is 2. The van der Waals surface area contributed by atoms with E-state index in [1.54, 1.807) is 12.3 Å². The largest absolute Gasteiger partial charge is 0.478 e. The van der Waals surface area contributed by atoms with Crippen LogP contribution in [0.2, 0.25) is 0 Å². The number of hydrogen-bond donors (Lipinski definition) is 2. The number of hydrogen-bond acceptors (Lipinski definition) is 5. The zero-order chi connectivity index (χ0) is 12.8. The molecule has 1 aliphatic heterocycles. The number of carbonyl (C=O) groups excluding carboxylic acids is 1. The summed E-state index contributed by atoms with van der Waals surface area (Å²) in [5.41, 5.74) is 0. The summed E-state index contributed by atoms with van der Waals surface area (Å²) >= 11 is 0. The quantitative estimate of drug-likeness (QED) is 0.786. The molecule has 18 heavy (non-hydrogen) atoms. The molecule has 1 fully saturated rings. The molecule has 98 valence electrons. The van der Waals surface area contributed by atoms with E-state index in [1.807, 2.05) is 6.92 Å². The number of rotatable bonds is 6. The molecule has 6 nitrogen and oxygen atoms in total. The Morgan fingerprint density at radius 2 is 2.50 bits per heavy atom. The van der Waals surface area contributed by atoms with Crippen LogP contribution in [0.25, 0.3) is 0 Å². The van der Waals surface area contributed by atoms with Crippen molar-refractivity contribution in [3.63, 3.8) is 0 Å². The molecule has 1 aliphatic rings. The van der Waals surface area contributed by atoms with Crippen LogP contribution in [0.3, 0.4) is 0 Å². The zero-order valence-electron chi connectivity index (χ0n) is 10.5. The summed E-state index contributed by atoms with van der Waals surface area (Å²) in [6.45, 7) is 3.33. The Bertz CT molecular complexity index is 411. The summed E-state index contributed by atoms with van der Waals surface area (Å²) in [6, 6.07) is 1.90. The van der Waals surface area contributed by atoms with Gasteiger partial charge in [-0.1, -0.05) is 6.92 Å². The van der Waals surface area contributed by atoms with E-state index in [1.165, 1.54) is 0 Å². The first-order valence-electron chi connectivity index (χ1n) is 6.27. The minimum absolute atomic E-state index is 0.114. The van der Waals surface area contributed by atoms with Crippen molar-refractivity contribution in [2.45, 2.75) is 32.2 Å². The van der Waals surface area contributed by atoms with Gasteiger partial charge in [0.15, 0.2) is 0 Å². The Hall–Kier alpha value is -1.85. The number of aromatic nitrogens is 2. The number of anilines is 1. The van der Waals surface area contributed by atoms with Gasteiger partial charge in [0.05, 0.1) is 6.61 Å². The summed E-state index contributed by atoms with van der Waals surface area (Å²) in [5.74, 6) is 1.22. The lowest BCUT2D eigenvalue weighted by Gasteiger charge is -2.11. The fourth-order valence-electron chi connectivity index (χ4n) is 1.76. The highest BCUT2D eigenvalue weighted by Crippen LogP contribution is 2.10. The molecule has 2 rings (SSSR count). The van der Waals surface area contributed by atoms with E-state index in [0.717, 1.165) is 12.8 Å². The van der Waals surface area contributed by atoms with E-state index >= 15 is 0 Å². The summed E-state index contributed by atoms with van der Waals surface area (Å²) in [6.07, 6.45) is 4.07. The third-order valence-corrected chi connectivity index (χ3v) is 2.68. The average Bonchev–Trinajstić information content (AvgIpc) is 2.80. The SMILES string of the molecule is CCCOc1ccnc(NCC2CCC(=O)N2)n1. The van der Waals surface area contributed by atoms with E-state index in [0.29, 0.717) is 31.4 Å². The maximum Gasteiger partial charge on any atom is 0.226 e. The third kappa shape index (κ3) is 3.58. The molecule has 1 amide bonds. The lowest BCUT2D eigenvalue weighted by atomic mass is 10.2. The molecule has 1 aromatic rings. The van der Waals surface area contributed by atoms with E-state index in [-0.39, 0.29) is 11.9 Å². The molecule has 1 unspecified atom stereocenters. The zero-order valence-corrected chi connectivity index (χ0v) is 10.5. The molecule has 0 bridgehead atoms. The van der Waals surface area contributed by atoms with Gasteiger partial charge >= 0.3 is 0 Å². The molecule has 0 spiro atoms. The summed E-state index contributed by atoms with van der Waals surface area (Å²) in [4.78, 5) is 19.4. The van der Waals surface area contributed by atoms with Crippen molar-refractivity contribution in [1.29, 1.82) is 0 Å². The molecule has 2 heterocycles. The molecular weight excluding hydrogens is 232 g/mol. The van der Waals surface area contributed by atoms with E-state index in [9.17, 15) is 4.79 Å². The Kier molecular flexibility index (Phi) is 4.33. The topological polar surface area (TPSA) is 76.1 Å². The summed E-state index contributed by atoms with van der Waals surface area (Å²) < 4.78 is 5.42. The highest BCUT2D eigenvalue weighted by molar-refractivity contribution is 5.78. The molecule has 1 atom stereocenters. The normalized spacial score (nSPS) is 18.5. The second-order valence-corrected chi connectivity index (χ2v) is 4.25. The van der Waals surface area contributed by atoms with Gasteiger partial charge in [-0.15, -0.1) is 0 Å². The molecule has 0 aromatic carbocycles. The van der Waals surface area contributed by atoms with Gasteiger partial charge in [-0.3, -0.25) is 4.79 Å². The Balaban J connectivity index is 1.83. The second-order valence-electron chi connectivity index (χ2n) is 4.25. The van der Waals surface area contributed by atoms with Crippen LogP contribution in [0.5, 0.6) is 5.88 Å². The van der Waals surface area contributed by atoms with Crippen molar-refractivity contribution in [2.75, 3.05) is 18.5 Å². The Morgan fingerprint density at radius 1 is 1.61 bits per heavy atom. The van der Waals surface area contributed by atoms with Gasteiger partial charge in [-0.05, 0) is 12.8 Å². The third-order valence-electron chi connectivity index (χ3n) is 2.68. The minimum Gasteiger partial charge on any atom is -0.478 e. The highest BCUT2D eigenvalue weighted by atomic mass is 16.5. The van der Waals surface area contributed by atoms with Gasteiger partial charge in [0, 0.05) is 31.3 Å². The first kappa shape index (κ1) is 12.6. The standard InChI is InChI=1S/C12H18N4O2/c1-2-7-18-11-5-6-13-12(16-11)14-8-9-3-4-10(17)15-9/h5-6,9H,2-4,7-8H2,1H3,(H,15,17)(H,13,14,16). The second kappa shape index (κ2) is 6.18. The van der Waals surface area contributed by atoms with Crippen LogP contribution < -0.4 is 15.4 Å². The molecule has 2 N–H and O–H groups in total. The minimum atomic E-state index is 0.114. The number of ether oxygens (including phenoxy) is 1. The molecular formula is C12H18N4O2. The maximum absolute atomic E-state index is 11.0. The molecule has 1 aromatic heterocycles. The van der Waals surface area contributed by atoms with Crippen molar-refractivity contribution in [3.8, 4) is 5.88 Å². The van der Waals surface area contributed by atoms with Gasteiger partial charge in [0.25, 0.3) is 0 Å². The van der Waals surface area contributed by atoms with Gasteiger partial charge < -0.3 is 15.4 Å². The fraction of sp³-hybridized carbons (Fsp3) is 0.583. The van der Waals surface area contributed by atoms with Crippen LogP contribution in [0.4, 0.5) is 5.95 Å². The summed E-state index contributed by atoms with van der Waals surface area (Å²) in [5, 5.41) is 5.99. The van der Waals surface area contributed by atoms with Crippen molar-refractivity contribution in [3.05, 3.63) is 12.3 Å². The Labute approximate surface area is 106 Å². The number of carbonyl (C=O) groups is 1. The molecule has 1 saturated heterocycles. The van der Waals surface area contributed by atoms with Gasteiger partial charge in [0.2, 0.25) is 17.7 Å². The highest BCUT2D eigenvalue weighted by Gasteiger charge is 2.20. The van der Waals surface area contributed by atoms with Crippen LogP contribution in [-0.2, 0) is 4.79 Å².